The van der Waals surface area contributed by atoms with Crippen molar-refractivity contribution in [1.29, 1.82) is 0 Å². The van der Waals surface area contributed by atoms with Gasteiger partial charge in [0.25, 0.3) is 5.91 Å². The van der Waals surface area contributed by atoms with Crippen LogP contribution in [0.4, 0.5) is 0 Å². The van der Waals surface area contributed by atoms with Gasteiger partial charge in [-0.15, -0.1) is 0 Å². The van der Waals surface area contributed by atoms with Crippen molar-refractivity contribution in [1.82, 2.24) is 20.0 Å². The molecule has 2 aliphatic heterocycles. The maximum Gasteiger partial charge on any atom is 0.291 e. The highest BCUT2D eigenvalue weighted by Gasteiger charge is 2.45. The van der Waals surface area contributed by atoms with Crippen molar-refractivity contribution in [3.8, 4) is 0 Å². The normalized spacial score (nSPS) is 22.7. The molecule has 2 saturated heterocycles. The fourth-order valence-electron chi connectivity index (χ4n) is 4.74. The predicted molar refractivity (Wildman–Crippen MR) is 102 cm³/mol. The highest BCUT2D eigenvalue weighted by atomic mass is 16.5. The minimum atomic E-state index is -0.0959. The molecule has 1 amide bonds. The van der Waals surface area contributed by atoms with Gasteiger partial charge in [0, 0.05) is 37.6 Å². The summed E-state index contributed by atoms with van der Waals surface area (Å²) in [7, 11) is 0. The van der Waals surface area contributed by atoms with Gasteiger partial charge < -0.3 is 18.6 Å². The van der Waals surface area contributed by atoms with Gasteiger partial charge in [0.05, 0.1) is 5.69 Å². The summed E-state index contributed by atoms with van der Waals surface area (Å²) in [6.07, 6.45) is 8.58. The highest BCUT2D eigenvalue weighted by molar-refractivity contribution is 5.92. The summed E-state index contributed by atoms with van der Waals surface area (Å²) in [5, 5.41) is 4.44. The zero-order chi connectivity index (χ0) is 19.8. The Hall–Kier alpha value is -2.22. The van der Waals surface area contributed by atoms with E-state index in [1.807, 2.05) is 4.90 Å². The number of carbonyl (C=O) groups is 1. The van der Waals surface area contributed by atoms with Crippen molar-refractivity contribution in [2.75, 3.05) is 26.3 Å². The van der Waals surface area contributed by atoms with Gasteiger partial charge in [-0.3, -0.25) is 4.79 Å². The van der Waals surface area contributed by atoms with Crippen molar-refractivity contribution < 1.29 is 18.5 Å². The number of amides is 1. The number of hydrogen-bond donors (Lipinski definition) is 0. The Kier molecular flexibility index (Phi) is 4.89. The molecule has 0 unspecified atom stereocenters. The Balaban J connectivity index is 1.33. The summed E-state index contributed by atoms with van der Waals surface area (Å²) in [4.78, 5) is 23.6. The van der Waals surface area contributed by atoms with Crippen LogP contribution in [0.5, 0.6) is 0 Å². The van der Waals surface area contributed by atoms with Crippen LogP contribution in [0.15, 0.2) is 15.3 Å². The molecule has 4 heterocycles. The van der Waals surface area contributed by atoms with Crippen LogP contribution in [0.25, 0.3) is 0 Å². The number of carbonyl (C=O) groups excluding carboxylic acids is 1. The maximum absolute atomic E-state index is 12.8. The number of hydrogen-bond acceptors (Lipinski definition) is 7. The minimum Gasteiger partial charge on any atom is -0.438 e. The van der Waals surface area contributed by atoms with Crippen LogP contribution in [0, 0.1) is 12.8 Å². The first-order valence-electron chi connectivity index (χ1n) is 10.8. The molecule has 2 aromatic rings. The molecule has 0 bridgehead atoms. The van der Waals surface area contributed by atoms with Crippen LogP contribution in [0.2, 0.25) is 0 Å². The lowest BCUT2D eigenvalue weighted by molar-refractivity contribution is 0.0613. The van der Waals surface area contributed by atoms with Crippen LogP contribution in [0.1, 0.15) is 78.8 Å². The SMILES string of the molecule is Cc1ncoc1C(=O)N1CCC(CC2CC2)(c2noc(C3CCOCC3)n2)CC1. The van der Waals surface area contributed by atoms with Gasteiger partial charge in [-0.2, -0.15) is 4.98 Å². The molecule has 0 atom stereocenters. The Labute approximate surface area is 170 Å². The Bertz CT molecular complexity index is 858. The molecule has 3 fully saturated rings. The van der Waals surface area contributed by atoms with E-state index in [2.05, 4.69) is 10.1 Å². The van der Waals surface area contributed by atoms with Gasteiger partial charge in [-0.25, -0.2) is 4.98 Å². The summed E-state index contributed by atoms with van der Waals surface area (Å²) < 4.78 is 16.5. The van der Waals surface area contributed by atoms with E-state index in [4.69, 9.17) is 18.7 Å². The maximum atomic E-state index is 12.8. The lowest BCUT2D eigenvalue weighted by Gasteiger charge is -2.39. The molecular weight excluding hydrogens is 372 g/mol. The molecule has 1 saturated carbocycles. The van der Waals surface area contributed by atoms with Crippen LogP contribution >= 0.6 is 0 Å². The summed E-state index contributed by atoms with van der Waals surface area (Å²) in [6, 6.07) is 0. The first-order chi connectivity index (χ1) is 14.1. The molecule has 156 valence electrons. The second-order valence-corrected chi connectivity index (χ2v) is 8.83. The molecule has 0 radical (unpaired) electrons. The molecule has 8 nitrogen and oxygen atoms in total. The number of rotatable bonds is 5. The van der Waals surface area contributed by atoms with Crippen LogP contribution in [-0.2, 0) is 10.2 Å². The smallest absolute Gasteiger partial charge is 0.291 e. The first-order valence-corrected chi connectivity index (χ1v) is 10.8. The Morgan fingerprint density at radius 1 is 1.21 bits per heavy atom. The summed E-state index contributed by atoms with van der Waals surface area (Å²) in [5.41, 5.74) is 0.547. The van der Waals surface area contributed by atoms with Crippen molar-refractivity contribution in [2.24, 2.45) is 5.92 Å². The fourth-order valence-corrected chi connectivity index (χ4v) is 4.74. The summed E-state index contributed by atoms with van der Waals surface area (Å²) in [6.45, 7) is 4.66. The average Bonchev–Trinajstić information content (AvgIpc) is 3.24. The number of aryl methyl sites for hydroxylation is 1. The summed E-state index contributed by atoms with van der Waals surface area (Å²) >= 11 is 0. The van der Waals surface area contributed by atoms with Crippen molar-refractivity contribution >= 4 is 5.91 Å². The molecule has 0 N–H and O–H groups in total. The quantitative estimate of drug-likeness (QED) is 0.760. The number of likely N-dealkylation sites (tertiary alicyclic amines) is 1. The third-order valence-electron chi connectivity index (χ3n) is 6.81. The van der Waals surface area contributed by atoms with E-state index in [1.165, 1.54) is 19.2 Å². The van der Waals surface area contributed by atoms with E-state index in [0.717, 1.165) is 63.0 Å². The number of nitrogens with zero attached hydrogens (tertiary/aromatic N) is 4. The number of ether oxygens (including phenoxy) is 1. The highest BCUT2D eigenvalue weighted by Crippen LogP contribution is 2.47. The monoisotopic (exact) mass is 400 g/mol. The van der Waals surface area contributed by atoms with Crippen LogP contribution in [0.3, 0.4) is 0 Å². The topological polar surface area (TPSA) is 94.5 Å². The lowest BCUT2D eigenvalue weighted by atomic mass is 9.73. The van der Waals surface area contributed by atoms with Crippen LogP contribution < -0.4 is 0 Å². The predicted octanol–water partition coefficient (Wildman–Crippen LogP) is 3.23. The van der Waals surface area contributed by atoms with E-state index >= 15 is 0 Å². The molecule has 8 heteroatoms. The third kappa shape index (κ3) is 3.70. The molecule has 0 spiro atoms. The zero-order valence-electron chi connectivity index (χ0n) is 16.9. The van der Waals surface area contributed by atoms with Crippen molar-refractivity contribution in [3.63, 3.8) is 0 Å². The molecule has 0 aromatic carbocycles. The molecule has 1 aliphatic carbocycles. The lowest BCUT2D eigenvalue weighted by Crippen LogP contribution is -2.46. The van der Waals surface area contributed by atoms with Gasteiger partial charge in [-0.1, -0.05) is 18.0 Å². The second-order valence-electron chi connectivity index (χ2n) is 8.83. The second kappa shape index (κ2) is 7.55. The Morgan fingerprint density at radius 3 is 2.62 bits per heavy atom. The first kappa shape index (κ1) is 18.8. The molecule has 29 heavy (non-hydrogen) atoms. The van der Waals surface area contributed by atoms with E-state index in [9.17, 15) is 4.79 Å². The molecule has 3 aliphatic rings. The molecule has 2 aromatic heterocycles. The fraction of sp³-hybridized carbons (Fsp3) is 0.714. The standard InChI is InChI=1S/C21H28N4O4/c1-14-17(28-13-22-14)19(26)25-8-6-21(7-9-25,12-15-2-3-15)20-23-18(29-24-20)16-4-10-27-11-5-16/h13,15-16H,2-12H2,1H3. The number of piperidine rings is 1. The van der Waals surface area contributed by atoms with Crippen molar-refractivity contribution in [2.45, 2.75) is 63.2 Å². The zero-order valence-corrected chi connectivity index (χ0v) is 16.9. The molecule has 5 rings (SSSR count). The average molecular weight is 400 g/mol. The van der Waals surface area contributed by atoms with Gasteiger partial charge in [0.15, 0.2) is 12.2 Å². The van der Waals surface area contributed by atoms with Crippen molar-refractivity contribution in [3.05, 3.63) is 29.6 Å². The summed E-state index contributed by atoms with van der Waals surface area (Å²) in [5.74, 6) is 2.93. The largest absolute Gasteiger partial charge is 0.438 e. The van der Waals surface area contributed by atoms with Gasteiger partial charge in [0.2, 0.25) is 11.7 Å². The number of oxazole rings is 1. The van der Waals surface area contributed by atoms with E-state index < -0.39 is 0 Å². The number of aromatic nitrogens is 3. The Morgan fingerprint density at radius 2 is 1.97 bits per heavy atom. The van der Waals surface area contributed by atoms with Crippen LogP contribution in [-0.4, -0.2) is 52.2 Å². The van der Waals surface area contributed by atoms with Gasteiger partial charge in [0.1, 0.15) is 0 Å². The third-order valence-corrected chi connectivity index (χ3v) is 6.81. The minimum absolute atomic E-state index is 0.0731. The molecular formula is C21H28N4O4. The van der Waals surface area contributed by atoms with E-state index in [0.29, 0.717) is 30.5 Å². The van der Waals surface area contributed by atoms with Gasteiger partial charge in [-0.05, 0) is 44.9 Å². The van der Waals surface area contributed by atoms with Gasteiger partial charge >= 0.3 is 0 Å². The van der Waals surface area contributed by atoms with E-state index in [1.54, 1.807) is 6.92 Å². The van der Waals surface area contributed by atoms with E-state index in [-0.39, 0.29) is 11.3 Å².